The zero-order valence-electron chi connectivity index (χ0n) is 19.0. The highest BCUT2D eigenvalue weighted by molar-refractivity contribution is 6.32. The van der Waals surface area contributed by atoms with Gasteiger partial charge in [0.25, 0.3) is 0 Å². The van der Waals surface area contributed by atoms with Crippen LogP contribution in [0.4, 0.5) is 0 Å². The highest BCUT2D eigenvalue weighted by atomic mass is 35.5. The summed E-state index contributed by atoms with van der Waals surface area (Å²) in [6.45, 7) is 4.83. The number of halogens is 1. The van der Waals surface area contributed by atoms with E-state index in [4.69, 9.17) is 25.8 Å². The Balaban J connectivity index is 1.69. The average molecular weight is 465 g/mol. The first kappa shape index (κ1) is 24.6. The van der Waals surface area contributed by atoms with Crippen LogP contribution in [0.15, 0.2) is 84.9 Å². The van der Waals surface area contributed by atoms with Gasteiger partial charge in [0, 0.05) is 23.6 Å². The highest BCUT2D eigenvalue weighted by Gasteiger charge is 2.20. The molecule has 1 atom stereocenters. The molecule has 0 bridgehead atoms. The van der Waals surface area contributed by atoms with Crippen LogP contribution in [-0.2, 0) is 20.7 Å². The van der Waals surface area contributed by atoms with Crippen molar-refractivity contribution < 1.29 is 19.0 Å². The fourth-order valence-corrected chi connectivity index (χ4v) is 3.72. The molecule has 0 aliphatic carbocycles. The lowest BCUT2D eigenvalue weighted by Gasteiger charge is -2.16. The summed E-state index contributed by atoms with van der Waals surface area (Å²) in [7, 11) is 0. The maximum Gasteiger partial charge on any atom is 0.335 e. The third-order valence-corrected chi connectivity index (χ3v) is 5.38. The van der Waals surface area contributed by atoms with Crippen LogP contribution in [0, 0.1) is 0 Å². The molecule has 0 aromatic heterocycles. The summed E-state index contributed by atoms with van der Waals surface area (Å²) in [5.74, 6) is 0.406. The Bertz CT molecular complexity index is 1050. The van der Waals surface area contributed by atoms with Crippen LogP contribution in [0.1, 0.15) is 30.5 Å². The second-order valence-electron chi connectivity index (χ2n) is 7.32. The fourth-order valence-electron chi connectivity index (χ4n) is 3.48. The van der Waals surface area contributed by atoms with Gasteiger partial charge < -0.3 is 14.2 Å². The van der Waals surface area contributed by atoms with Crippen LogP contribution in [-0.4, -0.2) is 31.9 Å². The van der Waals surface area contributed by atoms with E-state index < -0.39 is 6.10 Å². The fraction of sp³-hybridized carbons (Fsp3) is 0.250. The van der Waals surface area contributed by atoms with Crippen molar-refractivity contribution >= 4 is 23.1 Å². The van der Waals surface area contributed by atoms with Crippen LogP contribution in [0.25, 0.3) is 5.57 Å². The maximum atomic E-state index is 12.1. The summed E-state index contributed by atoms with van der Waals surface area (Å²) >= 11 is 6.46. The first-order chi connectivity index (χ1) is 16.1. The second-order valence-corrected chi connectivity index (χ2v) is 7.73. The Hall–Kier alpha value is -3.08. The Morgan fingerprint density at radius 2 is 1.61 bits per heavy atom. The van der Waals surface area contributed by atoms with E-state index in [1.165, 1.54) is 0 Å². The van der Waals surface area contributed by atoms with E-state index in [1.54, 1.807) is 6.92 Å². The third-order valence-electron chi connectivity index (χ3n) is 5.05. The Labute approximate surface area is 200 Å². The first-order valence-electron chi connectivity index (χ1n) is 11.1. The van der Waals surface area contributed by atoms with E-state index in [0.717, 1.165) is 28.0 Å². The predicted octanol–water partition coefficient (Wildman–Crippen LogP) is 6.36. The van der Waals surface area contributed by atoms with Crippen molar-refractivity contribution in [2.75, 3.05) is 19.8 Å². The molecule has 0 N–H and O–H groups in total. The zero-order valence-corrected chi connectivity index (χ0v) is 19.8. The van der Waals surface area contributed by atoms with E-state index in [0.29, 0.717) is 31.3 Å². The van der Waals surface area contributed by atoms with Crippen LogP contribution in [0.5, 0.6) is 5.75 Å². The highest BCUT2D eigenvalue weighted by Crippen LogP contribution is 2.29. The molecule has 0 radical (unpaired) electrons. The minimum atomic E-state index is -0.603. The topological polar surface area (TPSA) is 44.8 Å². The van der Waals surface area contributed by atoms with Crippen molar-refractivity contribution in [2.24, 2.45) is 0 Å². The molecule has 3 aromatic rings. The van der Waals surface area contributed by atoms with E-state index in [-0.39, 0.29) is 5.97 Å². The van der Waals surface area contributed by atoms with Crippen LogP contribution < -0.4 is 4.74 Å². The van der Waals surface area contributed by atoms with E-state index in [9.17, 15) is 4.79 Å². The summed E-state index contributed by atoms with van der Waals surface area (Å²) in [4.78, 5) is 12.1. The van der Waals surface area contributed by atoms with Gasteiger partial charge in [0.05, 0.1) is 6.61 Å². The number of carbonyl (C=O) groups is 1. The number of benzene rings is 3. The van der Waals surface area contributed by atoms with Crippen molar-refractivity contribution in [1.29, 1.82) is 0 Å². The van der Waals surface area contributed by atoms with Gasteiger partial charge in [0.15, 0.2) is 6.10 Å². The lowest BCUT2D eigenvalue weighted by atomic mass is 9.97. The standard InChI is InChI=1S/C28H29ClO4/c1-3-31-27(28(30)32-4-2)20-21-14-16-23(17-15-21)33-19-18-24(22-10-6-5-7-11-22)25-12-8-9-13-26(25)29/h5-18,27H,3-4,19-20H2,1-2H3. The molecule has 0 fully saturated rings. The summed E-state index contributed by atoms with van der Waals surface area (Å²) in [6, 6.07) is 25.6. The molecule has 172 valence electrons. The molecule has 0 saturated carbocycles. The summed E-state index contributed by atoms with van der Waals surface area (Å²) in [6.07, 6.45) is 1.89. The molecule has 1 unspecified atom stereocenters. The molecule has 5 heteroatoms. The zero-order chi connectivity index (χ0) is 23.5. The van der Waals surface area contributed by atoms with Gasteiger partial charge in [0.1, 0.15) is 12.4 Å². The van der Waals surface area contributed by atoms with Gasteiger partial charge in [0.2, 0.25) is 0 Å². The molecule has 0 spiro atoms. The predicted molar refractivity (Wildman–Crippen MR) is 133 cm³/mol. The monoisotopic (exact) mass is 464 g/mol. The van der Waals surface area contributed by atoms with Gasteiger partial charge in [-0.3, -0.25) is 0 Å². The van der Waals surface area contributed by atoms with Crippen molar-refractivity contribution in [3.8, 4) is 5.75 Å². The Kier molecular flexibility index (Phi) is 9.55. The molecule has 3 rings (SSSR count). The molecule has 0 amide bonds. The van der Waals surface area contributed by atoms with Crippen LogP contribution in [0.2, 0.25) is 5.02 Å². The second kappa shape index (κ2) is 12.8. The smallest absolute Gasteiger partial charge is 0.335 e. The average Bonchev–Trinajstić information content (AvgIpc) is 2.84. The Morgan fingerprint density at radius 1 is 0.909 bits per heavy atom. The molecule has 3 aromatic carbocycles. The molecule has 4 nitrogen and oxygen atoms in total. The molecule has 0 aliphatic rings. The maximum absolute atomic E-state index is 12.1. The van der Waals surface area contributed by atoms with Crippen molar-refractivity contribution in [3.63, 3.8) is 0 Å². The lowest BCUT2D eigenvalue weighted by Crippen LogP contribution is -2.28. The van der Waals surface area contributed by atoms with E-state index in [2.05, 4.69) is 12.1 Å². The molecule has 33 heavy (non-hydrogen) atoms. The first-order valence-corrected chi connectivity index (χ1v) is 11.5. The summed E-state index contributed by atoms with van der Waals surface area (Å²) in [5.41, 5.74) is 4.04. The number of esters is 1. The Morgan fingerprint density at radius 3 is 2.27 bits per heavy atom. The van der Waals surface area contributed by atoms with Gasteiger partial charge in [-0.2, -0.15) is 0 Å². The number of ether oxygens (including phenoxy) is 3. The van der Waals surface area contributed by atoms with Crippen molar-refractivity contribution in [2.45, 2.75) is 26.4 Å². The molecule has 0 aliphatic heterocycles. The normalized spacial score (nSPS) is 12.3. The molecular formula is C28H29ClO4. The number of hydrogen-bond donors (Lipinski definition) is 0. The van der Waals surface area contributed by atoms with Gasteiger partial charge >= 0.3 is 5.97 Å². The molecule has 0 saturated heterocycles. The number of hydrogen-bond acceptors (Lipinski definition) is 4. The number of carbonyl (C=O) groups excluding carboxylic acids is 1. The van der Waals surface area contributed by atoms with Crippen molar-refractivity contribution in [1.82, 2.24) is 0 Å². The van der Waals surface area contributed by atoms with Gasteiger partial charge in [-0.15, -0.1) is 0 Å². The van der Waals surface area contributed by atoms with E-state index >= 15 is 0 Å². The van der Waals surface area contributed by atoms with Gasteiger partial charge in [-0.05, 0) is 54.8 Å². The quantitative estimate of drug-likeness (QED) is 0.310. The molecular weight excluding hydrogens is 436 g/mol. The summed E-state index contributed by atoms with van der Waals surface area (Å²) in [5, 5.41) is 0.697. The third kappa shape index (κ3) is 7.21. The minimum absolute atomic E-state index is 0.335. The van der Waals surface area contributed by atoms with Crippen LogP contribution >= 0.6 is 11.6 Å². The number of rotatable bonds is 11. The minimum Gasteiger partial charge on any atom is -0.490 e. The summed E-state index contributed by atoms with van der Waals surface area (Å²) < 4.78 is 16.6. The van der Waals surface area contributed by atoms with Crippen LogP contribution in [0.3, 0.4) is 0 Å². The SMILES string of the molecule is CCOC(=O)C(Cc1ccc(OCC=C(c2ccccc2)c2ccccc2Cl)cc1)OCC. The lowest BCUT2D eigenvalue weighted by molar-refractivity contribution is -0.156. The van der Waals surface area contributed by atoms with Gasteiger partial charge in [-0.25, -0.2) is 4.79 Å². The largest absolute Gasteiger partial charge is 0.490 e. The van der Waals surface area contributed by atoms with Crippen molar-refractivity contribution in [3.05, 3.63) is 107 Å². The van der Waals surface area contributed by atoms with E-state index in [1.807, 2.05) is 79.7 Å². The van der Waals surface area contributed by atoms with Gasteiger partial charge in [-0.1, -0.05) is 72.3 Å². The molecule has 0 heterocycles.